The van der Waals surface area contributed by atoms with Crippen molar-refractivity contribution in [2.45, 2.75) is 13.3 Å². The highest BCUT2D eigenvalue weighted by Crippen LogP contribution is 2.21. The monoisotopic (exact) mass is 412 g/mol. The minimum absolute atomic E-state index is 0.0817. The fourth-order valence-electron chi connectivity index (χ4n) is 3.97. The number of carbonyl (C=O) groups excluding carboxylic acids is 1. The van der Waals surface area contributed by atoms with Crippen LogP contribution < -0.4 is 9.80 Å². The predicted molar refractivity (Wildman–Crippen MR) is 115 cm³/mol. The molecule has 0 atom stereocenters. The van der Waals surface area contributed by atoms with E-state index in [9.17, 15) is 9.18 Å². The highest BCUT2D eigenvalue weighted by atomic mass is 19.1. The number of carbonyl (C=O) groups is 1. The molecular formula is C22H29FN6O. The summed E-state index contributed by atoms with van der Waals surface area (Å²) in [6.07, 6.45) is 0.306. The molecule has 2 fully saturated rings. The highest BCUT2D eigenvalue weighted by molar-refractivity contribution is 5.79. The van der Waals surface area contributed by atoms with Gasteiger partial charge in [0, 0.05) is 58.4 Å². The average Bonchev–Trinajstić information content (AvgIpc) is 2.75. The number of benzene rings is 1. The summed E-state index contributed by atoms with van der Waals surface area (Å²) in [5, 5.41) is 0. The van der Waals surface area contributed by atoms with Crippen molar-refractivity contribution in [3.63, 3.8) is 0 Å². The van der Waals surface area contributed by atoms with Crippen LogP contribution in [0.25, 0.3) is 0 Å². The topological polar surface area (TPSA) is 55.8 Å². The number of anilines is 2. The number of aromatic nitrogens is 2. The Morgan fingerprint density at radius 3 is 2.00 bits per heavy atom. The van der Waals surface area contributed by atoms with Crippen molar-refractivity contribution in [1.82, 2.24) is 19.8 Å². The first-order chi connectivity index (χ1) is 14.5. The number of halogens is 1. The van der Waals surface area contributed by atoms with E-state index in [0.717, 1.165) is 62.3 Å². The van der Waals surface area contributed by atoms with Crippen molar-refractivity contribution in [2.75, 3.05) is 69.2 Å². The summed E-state index contributed by atoms with van der Waals surface area (Å²) >= 11 is 0. The Kier molecular flexibility index (Phi) is 6.13. The molecule has 0 spiro atoms. The first-order valence-corrected chi connectivity index (χ1v) is 10.5. The molecule has 7 nitrogen and oxygen atoms in total. The van der Waals surface area contributed by atoms with Gasteiger partial charge in [-0.3, -0.25) is 4.79 Å². The molecule has 2 aromatic rings. The van der Waals surface area contributed by atoms with Gasteiger partial charge >= 0.3 is 0 Å². The average molecular weight is 413 g/mol. The summed E-state index contributed by atoms with van der Waals surface area (Å²) in [6.45, 7) is 8.75. The van der Waals surface area contributed by atoms with E-state index in [0.29, 0.717) is 19.5 Å². The van der Waals surface area contributed by atoms with E-state index in [4.69, 9.17) is 0 Å². The molecule has 0 radical (unpaired) electrons. The summed E-state index contributed by atoms with van der Waals surface area (Å²) in [5.74, 6) is 2.49. The molecular weight excluding hydrogens is 383 g/mol. The fourth-order valence-corrected chi connectivity index (χ4v) is 3.97. The Morgan fingerprint density at radius 2 is 1.43 bits per heavy atom. The molecule has 1 aromatic heterocycles. The van der Waals surface area contributed by atoms with E-state index in [2.05, 4.69) is 37.8 Å². The van der Waals surface area contributed by atoms with E-state index >= 15 is 0 Å². The second-order valence-corrected chi connectivity index (χ2v) is 8.09. The van der Waals surface area contributed by atoms with Crippen LogP contribution in [0.15, 0.2) is 30.3 Å². The maximum absolute atomic E-state index is 13.1. The van der Waals surface area contributed by atoms with Crippen LogP contribution in [0.4, 0.5) is 16.0 Å². The Labute approximate surface area is 177 Å². The molecule has 160 valence electrons. The molecule has 0 N–H and O–H groups in total. The van der Waals surface area contributed by atoms with Crippen LogP contribution >= 0.6 is 0 Å². The number of likely N-dealkylation sites (N-methyl/N-ethyl adjacent to an activating group) is 1. The molecule has 2 aliphatic rings. The molecule has 0 aliphatic carbocycles. The molecule has 0 saturated carbocycles. The third-order valence-electron chi connectivity index (χ3n) is 5.86. The van der Waals surface area contributed by atoms with E-state index in [-0.39, 0.29) is 11.7 Å². The minimum Gasteiger partial charge on any atom is -0.354 e. The molecule has 0 unspecified atom stereocenters. The van der Waals surface area contributed by atoms with Gasteiger partial charge < -0.3 is 19.6 Å². The Hall–Kier alpha value is -2.74. The van der Waals surface area contributed by atoms with E-state index in [1.807, 2.05) is 11.8 Å². The minimum atomic E-state index is -0.282. The summed E-state index contributed by atoms with van der Waals surface area (Å²) in [4.78, 5) is 30.7. The predicted octanol–water partition coefficient (Wildman–Crippen LogP) is 1.57. The molecule has 3 heterocycles. The second-order valence-electron chi connectivity index (χ2n) is 8.09. The zero-order chi connectivity index (χ0) is 21.1. The fraction of sp³-hybridized carbons (Fsp3) is 0.500. The molecule has 0 bridgehead atoms. The van der Waals surface area contributed by atoms with Crippen molar-refractivity contribution >= 4 is 17.5 Å². The van der Waals surface area contributed by atoms with E-state index in [1.165, 1.54) is 12.1 Å². The lowest BCUT2D eigenvalue weighted by atomic mass is 10.1. The smallest absolute Gasteiger partial charge is 0.227 e. The van der Waals surface area contributed by atoms with Crippen LogP contribution in [0.5, 0.6) is 0 Å². The molecule has 2 saturated heterocycles. The third kappa shape index (κ3) is 4.87. The number of piperazine rings is 2. The standard InChI is InChI=1S/C22H29FN6O/c1-17-24-20(27-9-7-26(2)8-10-27)16-21(25-17)28-11-13-29(14-12-28)22(30)15-18-3-5-19(23)6-4-18/h3-6,16H,7-15H2,1-2H3. The van der Waals surface area contributed by atoms with Gasteiger partial charge in [0.1, 0.15) is 23.3 Å². The zero-order valence-corrected chi connectivity index (χ0v) is 17.7. The summed E-state index contributed by atoms with van der Waals surface area (Å²) < 4.78 is 13.1. The van der Waals surface area contributed by atoms with Crippen molar-refractivity contribution < 1.29 is 9.18 Å². The van der Waals surface area contributed by atoms with Crippen LogP contribution in [0.1, 0.15) is 11.4 Å². The number of nitrogens with zero attached hydrogens (tertiary/aromatic N) is 6. The largest absolute Gasteiger partial charge is 0.354 e. The number of rotatable bonds is 4. The Bertz CT molecular complexity index is 874. The normalized spacial score (nSPS) is 18.0. The summed E-state index contributed by atoms with van der Waals surface area (Å²) in [7, 11) is 2.14. The molecule has 1 amide bonds. The lowest BCUT2D eigenvalue weighted by Gasteiger charge is -2.37. The maximum atomic E-state index is 13.1. The van der Waals surface area contributed by atoms with Gasteiger partial charge in [0.25, 0.3) is 0 Å². The Morgan fingerprint density at radius 1 is 0.900 bits per heavy atom. The van der Waals surface area contributed by atoms with Crippen molar-refractivity contribution in [3.05, 3.63) is 47.5 Å². The second kappa shape index (κ2) is 8.95. The van der Waals surface area contributed by atoms with Crippen molar-refractivity contribution in [1.29, 1.82) is 0 Å². The molecule has 4 rings (SSSR count). The van der Waals surface area contributed by atoms with Gasteiger partial charge in [-0.05, 0) is 31.7 Å². The van der Waals surface area contributed by atoms with Crippen LogP contribution in [-0.2, 0) is 11.2 Å². The molecule has 8 heteroatoms. The van der Waals surface area contributed by atoms with Crippen molar-refractivity contribution in [2.24, 2.45) is 0 Å². The summed E-state index contributed by atoms with van der Waals surface area (Å²) in [5.41, 5.74) is 0.840. The first-order valence-electron chi connectivity index (χ1n) is 10.5. The highest BCUT2D eigenvalue weighted by Gasteiger charge is 2.24. The lowest BCUT2D eigenvalue weighted by molar-refractivity contribution is -0.130. The van der Waals surface area contributed by atoms with Gasteiger partial charge in [-0.15, -0.1) is 0 Å². The van der Waals surface area contributed by atoms with E-state index < -0.39 is 0 Å². The van der Waals surface area contributed by atoms with Crippen molar-refractivity contribution in [3.8, 4) is 0 Å². The van der Waals surface area contributed by atoms with Gasteiger partial charge in [0.05, 0.1) is 6.42 Å². The van der Waals surface area contributed by atoms with Gasteiger partial charge in [0.2, 0.25) is 5.91 Å². The quantitative estimate of drug-likeness (QED) is 0.760. The van der Waals surface area contributed by atoms with Crippen LogP contribution in [0.3, 0.4) is 0 Å². The number of hydrogen-bond acceptors (Lipinski definition) is 6. The zero-order valence-electron chi connectivity index (χ0n) is 17.7. The van der Waals surface area contributed by atoms with Gasteiger partial charge in [-0.25, -0.2) is 14.4 Å². The molecule has 1 aromatic carbocycles. The number of aryl methyl sites for hydroxylation is 1. The number of amides is 1. The SMILES string of the molecule is Cc1nc(N2CCN(C)CC2)cc(N2CCN(C(=O)Cc3ccc(F)cc3)CC2)n1. The molecule has 2 aliphatic heterocycles. The lowest BCUT2D eigenvalue weighted by Crippen LogP contribution is -2.49. The van der Waals surface area contributed by atoms with Crippen LogP contribution in [-0.4, -0.2) is 85.1 Å². The van der Waals surface area contributed by atoms with Crippen LogP contribution in [0.2, 0.25) is 0 Å². The van der Waals surface area contributed by atoms with Gasteiger partial charge in [0.15, 0.2) is 0 Å². The van der Waals surface area contributed by atoms with Gasteiger partial charge in [-0.1, -0.05) is 12.1 Å². The first kappa shape index (κ1) is 20.5. The molecule has 30 heavy (non-hydrogen) atoms. The van der Waals surface area contributed by atoms with E-state index in [1.54, 1.807) is 12.1 Å². The Balaban J connectivity index is 1.36. The number of hydrogen-bond donors (Lipinski definition) is 0. The summed E-state index contributed by atoms with van der Waals surface area (Å²) in [6, 6.07) is 8.22. The third-order valence-corrected chi connectivity index (χ3v) is 5.86. The van der Waals surface area contributed by atoms with Crippen LogP contribution in [0, 0.1) is 12.7 Å². The maximum Gasteiger partial charge on any atom is 0.227 e. The van der Waals surface area contributed by atoms with Gasteiger partial charge in [-0.2, -0.15) is 0 Å².